The Bertz CT molecular complexity index is 952. The van der Waals surface area contributed by atoms with Crippen LogP contribution in [0.25, 0.3) is 4.85 Å². The SMILES string of the molecule is [C-]#[N+]c1ccc(N2C(=O)C(C)(C)N(CS(=O)(=O)NC)C2=S)cc1C(F)(F)F. The van der Waals surface area contributed by atoms with Crippen LogP contribution in [0, 0.1) is 6.57 Å². The Morgan fingerprint density at radius 2 is 1.93 bits per heavy atom. The lowest BCUT2D eigenvalue weighted by atomic mass is 10.0. The molecule has 12 heteroatoms. The van der Waals surface area contributed by atoms with Crippen LogP contribution in [0.15, 0.2) is 18.2 Å². The topological polar surface area (TPSA) is 74.1 Å². The first-order chi connectivity index (χ1) is 12.3. The predicted octanol–water partition coefficient (Wildman–Crippen LogP) is 2.47. The van der Waals surface area contributed by atoms with Crippen molar-refractivity contribution in [2.45, 2.75) is 25.6 Å². The molecule has 7 nitrogen and oxygen atoms in total. The van der Waals surface area contributed by atoms with Gasteiger partial charge in [-0.1, -0.05) is 6.07 Å². The van der Waals surface area contributed by atoms with Gasteiger partial charge in [-0.3, -0.25) is 9.69 Å². The zero-order valence-corrected chi connectivity index (χ0v) is 16.1. The van der Waals surface area contributed by atoms with Crippen LogP contribution in [-0.4, -0.2) is 42.8 Å². The van der Waals surface area contributed by atoms with E-state index in [2.05, 4.69) is 9.57 Å². The van der Waals surface area contributed by atoms with E-state index >= 15 is 0 Å². The van der Waals surface area contributed by atoms with Crippen LogP contribution in [0.2, 0.25) is 0 Å². The lowest BCUT2D eigenvalue weighted by Crippen LogP contribution is -2.48. The molecule has 0 spiro atoms. The minimum Gasteiger partial charge on any atom is -0.318 e. The molecule has 1 heterocycles. The highest BCUT2D eigenvalue weighted by Gasteiger charge is 2.51. The van der Waals surface area contributed by atoms with Crippen LogP contribution in [0.4, 0.5) is 24.5 Å². The molecule has 1 aliphatic heterocycles. The summed E-state index contributed by atoms with van der Waals surface area (Å²) in [6, 6.07) is 2.77. The van der Waals surface area contributed by atoms with E-state index in [0.29, 0.717) is 6.07 Å². The summed E-state index contributed by atoms with van der Waals surface area (Å²) >= 11 is 5.18. The number of hydrogen-bond acceptors (Lipinski definition) is 4. The first-order valence-corrected chi connectivity index (χ1v) is 9.48. The maximum Gasteiger partial charge on any atom is 0.407 e. The molecule has 1 aromatic rings. The molecule has 0 aliphatic carbocycles. The van der Waals surface area contributed by atoms with E-state index in [9.17, 15) is 26.4 Å². The zero-order valence-electron chi connectivity index (χ0n) is 14.5. The molecule has 0 atom stereocenters. The van der Waals surface area contributed by atoms with Crippen molar-refractivity contribution in [3.05, 3.63) is 35.2 Å². The Hall–Kier alpha value is -2.23. The van der Waals surface area contributed by atoms with Gasteiger partial charge in [-0.25, -0.2) is 18.0 Å². The quantitative estimate of drug-likeness (QED) is 0.599. The zero-order chi connectivity index (χ0) is 20.8. The molecular formula is C15H15F3N4O3S2. The maximum atomic E-state index is 13.2. The molecule has 0 radical (unpaired) electrons. The molecule has 2 rings (SSSR count). The summed E-state index contributed by atoms with van der Waals surface area (Å²) in [5.74, 6) is -1.31. The maximum absolute atomic E-state index is 13.2. The number of halogens is 3. The van der Waals surface area contributed by atoms with Gasteiger partial charge in [0.15, 0.2) is 10.8 Å². The van der Waals surface area contributed by atoms with Gasteiger partial charge in [-0.05, 0) is 45.2 Å². The molecule has 0 bridgehead atoms. The number of thiocarbonyl (C=S) groups is 1. The first-order valence-electron chi connectivity index (χ1n) is 7.42. The van der Waals surface area contributed by atoms with Crippen molar-refractivity contribution in [3.63, 3.8) is 0 Å². The fourth-order valence-electron chi connectivity index (χ4n) is 2.50. The Morgan fingerprint density at radius 1 is 1.33 bits per heavy atom. The molecule has 1 N–H and O–H groups in total. The minimum atomic E-state index is -4.80. The van der Waals surface area contributed by atoms with E-state index in [1.165, 1.54) is 27.0 Å². The monoisotopic (exact) mass is 420 g/mol. The Morgan fingerprint density at radius 3 is 2.41 bits per heavy atom. The number of nitrogens with zero attached hydrogens (tertiary/aromatic N) is 3. The van der Waals surface area contributed by atoms with Crippen molar-refractivity contribution in [3.8, 4) is 0 Å². The summed E-state index contributed by atoms with van der Waals surface area (Å²) < 4.78 is 65.5. The van der Waals surface area contributed by atoms with E-state index < -0.39 is 44.8 Å². The van der Waals surface area contributed by atoms with Crippen LogP contribution in [0.1, 0.15) is 19.4 Å². The van der Waals surface area contributed by atoms with Gasteiger partial charge in [0.1, 0.15) is 11.4 Å². The van der Waals surface area contributed by atoms with Crippen molar-refractivity contribution in [2.75, 3.05) is 17.8 Å². The number of benzene rings is 1. The standard InChI is InChI=1S/C15H15F3N4O3S2/c1-14(2)12(23)22(13(26)21(14)8-27(24,25)20-4)9-5-6-11(19-3)10(7-9)15(16,17)18/h5-7,20H,8H2,1-2,4H3. The van der Waals surface area contributed by atoms with Gasteiger partial charge in [-0.2, -0.15) is 13.2 Å². The highest BCUT2D eigenvalue weighted by Crippen LogP contribution is 2.40. The van der Waals surface area contributed by atoms with Crippen LogP contribution in [0.3, 0.4) is 0 Å². The van der Waals surface area contributed by atoms with Crippen molar-refractivity contribution >= 4 is 44.6 Å². The number of sulfonamides is 1. The van der Waals surface area contributed by atoms with Crippen molar-refractivity contribution < 1.29 is 26.4 Å². The molecule has 1 amide bonds. The van der Waals surface area contributed by atoms with E-state index in [1.54, 1.807) is 0 Å². The second kappa shape index (κ2) is 6.74. The fourth-order valence-corrected chi connectivity index (χ4v) is 3.98. The third kappa shape index (κ3) is 3.76. The number of carbonyl (C=O) groups excluding carboxylic acids is 1. The molecular weight excluding hydrogens is 405 g/mol. The summed E-state index contributed by atoms with van der Waals surface area (Å²) in [7, 11) is -2.59. The molecule has 1 aromatic carbocycles. The number of amides is 1. The van der Waals surface area contributed by atoms with E-state index in [-0.39, 0.29) is 10.8 Å². The lowest BCUT2D eigenvalue weighted by molar-refractivity contribution is -0.136. The van der Waals surface area contributed by atoms with Crippen molar-refractivity contribution in [1.29, 1.82) is 0 Å². The number of anilines is 1. The number of nitrogens with one attached hydrogen (secondary N) is 1. The summed E-state index contributed by atoms with van der Waals surface area (Å²) in [6.45, 7) is 9.72. The van der Waals surface area contributed by atoms with Gasteiger partial charge in [0.25, 0.3) is 5.91 Å². The molecule has 0 saturated carbocycles. The molecule has 0 aromatic heterocycles. The molecule has 1 saturated heterocycles. The summed E-state index contributed by atoms with van der Waals surface area (Å²) in [5.41, 5.74) is -3.40. The van der Waals surface area contributed by atoms with Gasteiger partial charge < -0.3 is 4.90 Å². The van der Waals surface area contributed by atoms with E-state index in [1.807, 2.05) is 0 Å². The predicted molar refractivity (Wildman–Crippen MR) is 96.6 cm³/mol. The second-order valence-corrected chi connectivity index (χ2v) is 8.43. The molecule has 0 unspecified atom stereocenters. The van der Waals surface area contributed by atoms with E-state index in [0.717, 1.165) is 15.9 Å². The Labute approximate surface area is 159 Å². The molecule has 1 aliphatic rings. The summed E-state index contributed by atoms with van der Waals surface area (Å²) in [5, 5.41) is -0.243. The first kappa shape index (κ1) is 21.1. The van der Waals surface area contributed by atoms with Gasteiger partial charge in [0.05, 0.1) is 12.1 Å². The minimum absolute atomic E-state index is 0.192. The summed E-state index contributed by atoms with van der Waals surface area (Å²) in [4.78, 5) is 17.6. The van der Waals surface area contributed by atoms with Gasteiger partial charge in [0.2, 0.25) is 10.0 Å². The number of hydrogen-bond donors (Lipinski definition) is 1. The highest BCUT2D eigenvalue weighted by atomic mass is 32.2. The fraction of sp³-hybridized carbons (Fsp3) is 0.400. The third-order valence-corrected chi connectivity index (χ3v) is 5.72. The van der Waals surface area contributed by atoms with Crippen LogP contribution >= 0.6 is 12.2 Å². The highest BCUT2D eigenvalue weighted by molar-refractivity contribution is 7.89. The second-order valence-electron chi connectivity index (χ2n) is 6.17. The third-order valence-electron chi connectivity index (χ3n) is 4.10. The average Bonchev–Trinajstić information content (AvgIpc) is 2.73. The largest absolute Gasteiger partial charge is 0.407 e. The Kier molecular flexibility index (Phi) is 5.26. The van der Waals surface area contributed by atoms with Gasteiger partial charge in [-0.15, -0.1) is 0 Å². The van der Waals surface area contributed by atoms with Crippen LogP contribution in [0.5, 0.6) is 0 Å². The molecule has 1 fully saturated rings. The smallest absolute Gasteiger partial charge is 0.318 e. The summed E-state index contributed by atoms with van der Waals surface area (Å²) in [6.07, 6.45) is -4.80. The number of carbonyl (C=O) groups is 1. The average molecular weight is 420 g/mol. The van der Waals surface area contributed by atoms with Gasteiger partial charge >= 0.3 is 6.18 Å². The van der Waals surface area contributed by atoms with Gasteiger partial charge in [0, 0.05) is 5.69 Å². The normalized spacial score (nSPS) is 17.4. The lowest BCUT2D eigenvalue weighted by Gasteiger charge is -2.28. The number of rotatable bonds is 4. The van der Waals surface area contributed by atoms with Crippen LogP contribution in [-0.2, 0) is 21.0 Å². The van der Waals surface area contributed by atoms with Crippen molar-refractivity contribution in [1.82, 2.24) is 9.62 Å². The molecule has 27 heavy (non-hydrogen) atoms. The van der Waals surface area contributed by atoms with E-state index in [4.69, 9.17) is 18.8 Å². The van der Waals surface area contributed by atoms with Crippen molar-refractivity contribution in [2.24, 2.45) is 0 Å². The van der Waals surface area contributed by atoms with Crippen LogP contribution < -0.4 is 9.62 Å². The molecule has 146 valence electrons. The Balaban J connectivity index is 2.56. The number of alkyl halides is 3.